The van der Waals surface area contributed by atoms with Crippen LogP contribution in [-0.4, -0.2) is 36.5 Å². The van der Waals surface area contributed by atoms with Crippen molar-refractivity contribution in [2.24, 2.45) is 0 Å². The third-order valence-electron chi connectivity index (χ3n) is 3.48. The first-order valence-corrected chi connectivity index (χ1v) is 7.68. The summed E-state index contributed by atoms with van der Waals surface area (Å²) in [6.07, 6.45) is 6.80. The van der Waals surface area contributed by atoms with E-state index in [9.17, 15) is 4.79 Å². The van der Waals surface area contributed by atoms with Gasteiger partial charge in [0.1, 0.15) is 0 Å². The van der Waals surface area contributed by atoms with Crippen LogP contribution in [0.15, 0.2) is 17.1 Å². The third kappa shape index (κ3) is 5.74. The average Bonchev–Trinajstić information content (AvgIpc) is 2.46. The summed E-state index contributed by atoms with van der Waals surface area (Å²) >= 11 is 0. The number of aromatic nitrogens is 2. The van der Waals surface area contributed by atoms with Crippen LogP contribution in [0.4, 0.5) is 5.69 Å². The van der Waals surface area contributed by atoms with Crippen LogP contribution in [0.1, 0.15) is 39.5 Å². The Bertz CT molecular complexity index is 430. The molecule has 0 amide bonds. The molecule has 0 saturated heterocycles. The maximum absolute atomic E-state index is 11.9. The second-order valence-electron chi connectivity index (χ2n) is 5.10. The van der Waals surface area contributed by atoms with E-state index in [-0.39, 0.29) is 5.56 Å². The molecule has 0 aliphatic rings. The molecule has 0 unspecified atom stereocenters. The Hall–Kier alpha value is -1.36. The van der Waals surface area contributed by atoms with Gasteiger partial charge >= 0.3 is 0 Å². The fourth-order valence-corrected chi connectivity index (χ4v) is 1.97. The number of hydrogen-bond acceptors (Lipinski definition) is 4. The van der Waals surface area contributed by atoms with Crippen molar-refractivity contribution < 1.29 is 0 Å². The zero-order chi connectivity index (χ0) is 14.8. The first-order chi connectivity index (χ1) is 9.69. The van der Waals surface area contributed by atoms with Crippen molar-refractivity contribution in [3.8, 4) is 0 Å². The summed E-state index contributed by atoms with van der Waals surface area (Å²) in [5.74, 6) is 0. The van der Waals surface area contributed by atoms with E-state index < -0.39 is 0 Å². The van der Waals surface area contributed by atoms with E-state index in [2.05, 4.69) is 17.3 Å². The summed E-state index contributed by atoms with van der Waals surface area (Å²) in [5.41, 5.74) is 0.844. The van der Waals surface area contributed by atoms with Crippen LogP contribution >= 0.6 is 0 Å². The van der Waals surface area contributed by atoms with E-state index in [1.807, 2.05) is 18.9 Å². The molecule has 0 spiro atoms. The number of unbranched alkanes of at least 4 members (excludes halogenated alkanes) is 3. The largest absolute Gasteiger partial charge is 0.373 e. The second kappa shape index (κ2) is 9.53. The molecule has 0 atom stereocenters. The van der Waals surface area contributed by atoms with Gasteiger partial charge in [0.25, 0.3) is 5.56 Å². The zero-order valence-electron chi connectivity index (χ0n) is 13.1. The van der Waals surface area contributed by atoms with Crippen LogP contribution in [-0.2, 0) is 6.54 Å². The molecular formula is C15H28N4O. The zero-order valence-corrected chi connectivity index (χ0v) is 13.1. The van der Waals surface area contributed by atoms with E-state index in [1.165, 1.54) is 30.4 Å². The normalized spacial score (nSPS) is 10.8. The Morgan fingerprint density at radius 3 is 2.70 bits per heavy atom. The SMILES string of the molecule is CCCCCCNCCn1ncc(N(C)CC)cc1=O. The molecule has 20 heavy (non-hydrogen) atoms. The summed E-state index contributed by atoms with van der Waals surface area (Å²) in [6, 6.07) is 1.65. The average molecular weight is 280 g/mol. The molecule has 0 fully saturated rings. The lowest BCUT2D eigenvalue weighted by molar-refractivity contribution is 0.518. The Balaban J connectivity index is 2.32. The minimum Gasteiger partial charge on any atom is -0.373 e. The summed E-state index contributed by atoms with van der Waals surface area (Å²) in [6.45, 7) is 7.57. The van der Waals surface area contributed by atoms with E-state index in [0.29, 0.717) is 6.54 Å². The van der Waals surface area contributed by atoms with Crippen LogP contribution in [0.5, 0.6) is 0 Å². The molecule has 5 heteroatoms. The highest BCUT2D eigenvalue weighted by Crippen LogP contribution is 2.05. The van der Waals surface area contributed by atoms with Crippen molar-refractivity contribution in [2.45, 2.75) is 46.1 Å². The predicted molar refractivity (Wildman–Crippen MR) is 84.5 cm³/mol. The molecule has 0 aliphatic heterocycles. The molecule has 1 aromatic rings. The minimum atomic E-state index is -0.0319. The predicted octanol–water partition coefficient (Wildman–Crippen LogP) is 1.87. The number of nitrogens with zero attached hydrogens (tertiary/aromatic N) is 3. The van der Waals surface area contributed by atoms with Gasteiger partial charge in [-0.15, -0.1) is 0 Å². The van der Waals surface area contributed by atoms with Crippen LogP contribution in [0.25, 0.3) is 0 Å². The molecule has 0 bridgehead atoms. The fourth-order valence-electron chi connectivity index (χ4n) is 1.97. The lowest BCUT2D eigenvalue weighted by Crippen LogP contribution is -2.30. The van der Waals surface area contributed by atoms with Gasteiger partial charge in [0.2, 0.25) is 0 Å². The highest BCUT2D eigenvalue weighted by atomic mass is 16.1. The molecule has 1 N–H and O–H groups in total. The maximum atomic E-state index is 11.9. The van der Waals surface area contributed by atoms with Crippen molar-refractivity contribution in [2.75, 3.05) is 31.6 Å². The van der Waals surface area contributed by atoms with Gasteiger partial charge in [-0.3, -0.25) is 4.79 Å². The topological polar surface area (TPSA) is 50.2 Å². The smallest absolute Gasteiger partial charge is 0.268 e. The van der Waals surface area contributed by atoms with Crippen LogP contribution in [0.3, 0.4) is 0 Å². The van der Waals surface area contributed by atoms with Crippen molar-refractivity contribution in [3.63, 3.8) is 0 Å². The lowest BCUT2D eigenvalue weighted by Gasteiger charge is -2.16. The van der Waals surface area contributed by atoms with Gasteiger partial charge in [-0.25, -0.2) is 4.68 Å². The Morgan fingerprint density at radius 1 is 1.25 bits per heavy atom. The molecule has 0 radical (unpaired) electrons. The van der Waals surface area contributed by atoms with Gasteiger partial charge in [0.15, 0.2) is 0 Å². The van der Waals surface area contributed by atoms with Gasteiger partial charge in [-0.2, -0.15) is 5.10 Å². The first kappa shape index (κ1) is 16.7. The monoisotopic (exact) mass is 280 g/mol. The number of nitrogens with one attached hydrogen (secondary N) is 1. The highest BCUT2D eigenvalue weighted by Gasteiger charge is 2.02. The molecule has 1 aromatic heterocycles. The first-order valence-electron chi connectivity index (χ1n) is 7.68. The van der Waals surface area contributed by atoms with E-state index >= 15 is 0 Å². The van der Waals surface area contributed by atoms with Gasteiger partial charge in [-0.1, -0.05) is 26.2 Å². The van der Waals surface area contributed by atoms with E-state index in [0.717, 1.165) is 25.3 Å². The van der Waals surface area contributed by atoms with Crippen LogP contribution in [0, 0.1) is 0 Å². The van der Waals surface area contributed by atoms with Gasteiger partial charge in [0, 0.05) is 26.2 Å². The van der Waals surface area contributed by atoms with Gasteiger partial charge in [0.05, 0.1) is 18.4 Å². The fraction of sp³-hybridized carbons (Fsp3) is 0.733. The summed E-state index contributed by atoms with van der Waals surface area (Å²) in [5, 5.41) is 7.58. The van der Waals surface area contributed by atoms with Gasteiger partial charge < -0.3 is 10.2 Å². The third-order valence-corrected chi connectivity index (χ3v) is 3.48. The molecule has 0 aromatic carbocycles. The van der Waals surface area contributed by atoms with Gasteiger partial charge in [-0.05, 0) is 19.9 Å². The molecule has 0 saturated carbocycles. The van der Waals surface area contributed by atoms with Crippen LogP contribution in [0.2, 0.25) is 0 Å². The molecule has 5 nitrogen and oxygen atoms in total. The van der Waals surface area contributed by atoms with Crippen molar-refractivity contribution in [1.29, 1.82) is 0 Å². The van der Waals surface area contributed by atoms with Crippen LogP contribution < -0.4 is 15.8 Å². The molecule has 114 valence electrons. The lowest BCUT2D eigenvalue weighted by atomic mass is 10.2. The number of rotatable bonds is 10. The second-order valence-corrected chi connectivity index (χ2v) is 5.10. The number of anilines is 1. The van der Waals surface area contributed by atoms with Crippen molar-refractivity contribution in [3.05, 3.63) is 22.6 Å². The van der Waals surface area contributed by atoms with E-state index in [4.69, 9.17) is 0 Å². The minimum absolute atomic E-state index is 0.0319. The Labute approximate surface area is 122 Å². The maximum Gasteiger partial charge on any atom is 0.268 e. The molecular weight excluding hydrogens is 252 g/mol. The van der Waals surface area contributed by atoms with E-state index in [1.54, 1.807) is 12.3 Å². The summed E-state index contributed by atoms with van der Waals surface area (Å²) in [4.78, 5) is 13.9. The van der Waals surface area contributed by atoms with Crippen molar-refractivity contribution >= 4 is 5.69 Å². The number of hydrogen-bond donors (Lipinski definition) is 1. The van der Waals surface area contributed by atoms with Crippen molar-refractivity contribution in [1.82, 2.24) is 15.1 Å². The standard InChI is InChI=1S/C15H28N4O/c1-4-6-7-8-9-16-10-11-19-15(20)12-14(13-17-19)18(3)5-2/h12-13,16H,4-11H2,1-3H3. The highest BCUT2D eigenvalue weighted by molar-refractivity contribution is 5.41. The molecule has 0 aliphatic carbocycles. The Kier molecular flexibility index (Phi) is 7.95. The molecule has 1 heterocycles. The summed E-state index contributed by atoms with van der Waals surface area (Å²) < 4.78 is 1.52. The quantitative estimate of drug-likeness (QED) is 0.665. The summed E-state index contributed by atoms with van der Waals surface area (Å²) in [7, 11) is 1.96. The Morgan fingerprint density at radius 2 is 2.05 bits per heavy atom. The molecule has 1 rings (SSSR count).